The number of nitrogens with zero attached hydrogens (tertiary/aromatic N) is 2. The van der Waals surface area contributed by atoms with Crippen molar-refractivity contribution < 1.29 is 0 Å². The van der Waals surface area contributed by atoms with Crippen LogP contribution in [0.15, 0.2) is 182 Å². The molecule has 0 radical (unpaired) electrons. The predicted octanol–water partition coefficient (Wildman–Crippen LogP) is 13.0. The average Bonchev–Trinajstić information content (AvgIpc) is 3.69. The van der Waals surface area contributed by atoms with E-state index >= 15 is 0 Å². The zero-order valence-corrected chi connectivity index (χ0v) is 27.2. The third kappa shape index (κ3) is 3.96. The Hall–Kier alpha value is -6.64. The fourth-order valence-electron chi connectivity index (χ4n) is 8.31. The lowest BCUT2D eigenvalue weighted by Crippen LogP contribution is -1.94. The van der Waals surface area contributed by atoms with Crippen LogP contribution in [0.4, 0.5) is 0 Å². The largest absolute Gasteiger partial charge is 0.309 e. The van der Waals surface area contributed by atoms with Crippen molar-refractivity contribution in [1.29, 1.82) is 0 Å². The Labute approximate surface area is 288 Å². The van der Waals surface area contributed by atoms with Gasteiger partial charge in [0.05, 0.1) is 22.1 Å². The quantitative estimate of drug-likeness (QED) is 0.171. The zero-order valence-electron chi connectivity index (χ0n) is 27.2. The summed E-state index contributed by atoms with van der Waals surface area (Å²) >= 11 is 0. The van der Waals surface area contributed by atoms with E-state index in [1.807, 2.05) is 0 Å². The molecule has 11 rings (SSSR count). The summed E-state index contributed by atoms with van der Waals surface area (Å²) in [6.45, 7) is 0. The Kier molecular flexibility index (Phi) is 5.70. The van der Waals surface area contributed by atoms with Gasteiger partial charge >= 0.3 is 0 Å². The Balaban J connectivity index is 1.10. The highest BCUT2D eigenvalue weighted by molar-refractivity contribution is 6.14. The Morgan fingerprint density at radius 1 is 0.240 bits per heavy atom. The number of para-hydroxylation sites is 2. The predicted molar refractivity (Wildman–Crippen MR) is 213 cm³/mol. The van der Waals surface area contributed by atoms with Gasteiger partial charge in [0.1, 0.15) is 0 Å². The molecular formula is C48H30N2. The molecule has 0 aliphatic rings. The average molecular weight is 635 g/mol. The number of benzene rings is 9. The molecule has 0 N–H and O–H groups in total. The summed E-state index contributed by atoms with van der Waals surface area (Å²) in [4.78, 5) is 0. The van der Waals surface area contributed by atoms with E-state index < -0.39 is 0 Å². The van der Waals surface area contributed by atoms with E-state index in [1.54, 1.807) is 0 Å². The van der Waals surface area contributed by atoms with Crippen molar-refractivity contribution >= 4 is 75.9 Å². The maximum Gasteiger partial charge on any atom is 0.0541 e. The normalized spacial score (nSPS) is 12.0. The fraction of sp³-hybridized carbons (Fsp3) is 0. The minimum Gasteiger partial charge on any atom is -0.309 e. The third-order valence-electron chi connectivity index (χ3n) is 10.7. The molecule has 0 bridgehead atoms. The van der Waals surface area contributed by atoms with Crippen molar-refractivity contribution in [2.24, 2.45) is 0 Å². The molecule has 11 aromatic rings. The number of rotatable bonds is 3. The summed E-state index contributed by atoms with van der Waals surface area (Å²) in [5.41, 5.74) is 9.65. The monoisotopic (exact) mass is 634 g/mol. The first-order valence-electron chi connectivity index (χ1n) is 17.3. The molecule has 50 heavy (non-hydrogen) atoms. The van der Waals surface area contributed by atoms with E-state index in [0.29, 0.717) is 0 Å². The Bertz CT molecular complexity index is 3160. The van der Waals surface area contributed by atoms with Crippen LogP contribution in [-0.2, 0) is 0 Å². The molecule has 0 fully saturated rings. The number of hydrogen-bond acceptors (Lipinski definition) is 0. The number of fused-ring (bicyclic) bond motifs is 10. The second kappa shape index (κ2) is 10.4. The smallest absolute Gasteiger partial charge is 0.0541 e. The first-order valence-corrected chi connectivity index (χ1v) is 17.3. The van der Waals surface area contributed by atoms with Gasteiger partial charge in [0.25, 0.3) is 0 Å². The number of aromatic nitrogens is 2. The fourth-order valence-corrected chi connectivity index (χ4v) is 8.31. The Morgan fingerprint density at radius 3 is 1.32 bits per heavy atom. The lowest BCUT2D eigenvalue weighted by molar-refractivity contribution is 1.18. The van der Waals surface area contributed by atoms with Crippen LogP contribution in [0, 0.1) is 0 Å². The van der Waals surface area contributed by atoms with Crippen molar-refractivity contribution in [2.75, 3.05) is 0 Å². The molecule has 0 saturated carbocycles. The third-order valence-corrected chi connectivity index (χ3v) is 10.7. The van der Waals surface area contributed by atoms with Gasteiger partial charge in [-0.25, -0.2) is 0 Å². The molecule has 0 amide bonds. The first kappa shape index (κ1) is 27.3. The van der Waals surface area contributed by atoms with E-state index in [4.69, 9.17) is 0 Å². The molecule has 0 unspecified atom stereocenters. The van der Waals surface area contributed by atoms with E-state index in [1.165, 1.54) is 98.4 Å². The van der Waals surface area contributed by atoms with Crippen LogP contribution in [0.25, 0.3) is 98.4 Å². The van der Waals surface area contributed by atoms with Crippen molar-refractivity contribution in [3.05, 3.63) is 182 Å². The van der Waals surface area contributed by atoms with Crippen molar-refractivity contribution in [3.8, 4) is 22.5 Å². The van der Waals surface area contributed by atoms with Crippen molar-refractivity contribution in [3.63, 3.8) is 0 Å². The van der Waals surface area contributed by atoms with Gasteiger partial charge in [0.15, 0.2) is 0 Å². The van der Waals surface area contributed by atoms with Gasteiger partial charge < -0.3 is 9.13 Å². The van der Waals surface area contributed by atoms with E-state index in [2.05, 4.69) is 191 Å². The van der Waals surface area contributed by atoms with E-state index in [-0.39, 0.29) is 0 Å². The molecule has 0 saturated heterocycles. The molecular weight excluding hydrogens is 605 g/mol. The molecule has 0 atom stereocenters. The van der Waals surface area contributed by atoms with Crippen LogP contribution in [0.1, 0.15) is 0 Å². The van der Waals surface area contributed by atoms with Gasteiger partial charge in [-0.2, -0.15) is 0 Å². The summed E-state index contributed by atoms with van der Waals surface area (Å²) in [5.74, 6) is 0. The Morgan fingerprint density at radius 2 is 0.680 bits per heavy atom. The summed E-state index contributed by atoms with van der Waals surface area (Å²) in [6, 6.07) is 66.9. The summed E-state index contributed by atoms with van der Waals surface area (Å²) in [7, 11) is 0. The van der Waals surface area contributed by atoms with Crippen LogP contribution in [0.5, 0.6) is 0 Å². The molecule has 2 nitrogen and oxygen atoms in total. The van der Waals surface area contributed by atoms with Gasteiger partial charge in [0.2, 0.25) is 0 Å². The second-order valence-corrected chi connectivity index (χ2v) is 13.4. The van der Waals surface area contributed by atoms with Gasteiger partial charge in [-0.3, -0.25) is 0 Å². The van der Waals surface area contributed by atoms with Crippen LogP contribution in [0.3, 0.4) is 0 Å². The summed E-state index contributed by atoms with van der Waals surface area (Å²) < 4.78 is 4.83. The molecule has 2 aromatic heterocycles. The maximum absolute atomic E-state index is 2.43. The SMILES string of the molecule is c1ccc2cc(-n3c4ccccc4c4cc(-c5ccc6c(c5)c5ccccc5n6-c5ccc6ccc7ccccc7c6c5)ccc43)ccc2c1. The lowest BCUT2D eigenvalue weighted by Gasteiger charge is -2.11. The van der Waals surface area contributed by atoms with Gasteiger partial charge in [-0.15, -0.1) is 0 Å². The van der Waals surface area contributed by atoms with Crippen LogP contribution >= 0.6 is 0 Å². The first-order chi connectivity index (χ1) is 24.8. The molecule has 9 aromatic carbocycles. The van der Waals surface area contributed by atoms with Crippen LogP contribution < -0.4 is 0 Å². The van der Waals surface area contributed by atoms with Gasteiger partial charge in [-0.1, -0.05) is 121 Å². The van der Waals surface area contributed by atoms with Gasteiger partial charge in [0, 0.05) is 32.9 Å². The van der Waals surface area contributed by atoms with E-state index in [0.717, 1.165) is 0 Å². The minimum absolute atomic E-state index is 1.18. The minimum atomic E-state index is 1.18. The molecule has 2 heteroatoms. The summed E-state index contributed by atoms with van der Waals surface area (Å²) in [6.07, 6.45) is 0. The highest BCUT2D eigenvalue weighted by Crippen LogP contribution is 2.39. The van der Waals surface area contributed by atoms with Crippen molar-refractivity contribution in [1.82, 2.24) is 9.13 Å². The van der Waals surface area contributed by atoms with E-state index in [9.17, 15) is 0 Å². The van der Waals surface area contributed by atoms with Crippen LogP contribution in [-0.4, -0.2) is 9.13 Å². The standard InChI is InChI=1S/C48H30N2/c1-2-11-34-27-37(23-19-31(34)9-1)49-45-15-7-5-13-40(45)43-28-35(21-25-47(43)49)36-22-26-48-44(29-36)41-14-6-8-16-46(41)50(48)38-24-20-33-18-17-32-10-3-4-12-39(32)42(33)30-38/h1-30H. The topological polar surface area (TPSA) is 9.86 Å². The van der Waals surface area contributed by atoms with Crippen molar-refractivity contribution in [2.45, 2.75) is 0 Å². The summed E-state index contributed by atoms with van der Waals surface area (Å²) in [5, 5.41) is 12.6. The highest BCUT2D eigenvalue weighted by atomic mass is 15.0. The van der Waals surface area contributed by atoms with Crippen LogP contribution in [0.2, 0.25) is 0 Å². The second-order valence-electron chi connectivity index (χ2n) is 13.4. The number of hydrogen-bond donors (Lipinski definition) is 0. The van der Waals surface area contributed by atoms with Gasteiger partial charge in [-0.05, 0) is 104 Å². The molecule has 0 aliphatic heterocycles. The molecule has 0 spiro atoms. The maximum atomic E-state index is 2.43. The highest BCUT2D eigenvalue weighted by Gasteiger charge is 2.16. The molecule has 232 valence electrons. The molecule has 2 heterocycles. The zero-order chi connectivity index (χ0) is 32.8. The lowest BCUT2D eigenvalue weighted by atomic mass is 10.0. The molecule has 0 aliphatic carbocycles.